The highest BCUT2D eigenvalue weighted by atomic mass is 16.5. The van der Waals surface area contributed by atoms with E-state index in [1.54, 1.807) is 7.11 Å². The number of hydrogen-bond acceptors (Lipinski definition) is 3. The second kappa shape index (κ2) is 4.74. The lowest BCUT2D eigenvalue weighted by molar-refractivity contribution is 0.408. The Hall–Kier alpha value is -1.22. The summed E-state index contributed by atoms with van der Waals surface area (Å²) >= 11 is 0. The van der Waals surface area contributed by atoms with Crippen molar-refractivity contribution in [3.63, 3.8) is 0 Å². The standard InChI is InChI=1S/C13H22N2O/c1-9-6-11(15-13(3,4)8-14)7-10(2)12(9)16-5/h6-7,15H,8,14H2,1-5H3. The van der Waals surface area contributed by atoms with Gasteiger partial charge in [0.2, 0.25) is 0 Å². The van der Waals surface area contributed by atoms with E-state index in [-0.39, 0.29) is 5.54 Å². The molecule has 0 spiro atoms. The lowest BCUT2D eigenvalue weighted by Crippen LogP contribution is -2.39. The Morgan fingerprint density at radius 2 is 1.75 bits per heavy atom. The summed E-state index contributed by atoms with van der Waals surface area (Å²) in [6.45, 7) is 8.86. The zero-order valence-corrected chi connectivity index (χ0v) is 10.8. The number of ether oxygens (including phenoxy) is 1. The van der Waals surface area contributed by atoms with Crippen LogP contribution in [0.25, 0.3) is 0 Å². The quantitative estimate of drug-likeness (QED) is 0.822. The molecule has 0 amide bonds. The molecule has 16 heavy (non-hydrogen) atoms. The molecular formula is C13H22N2O. The third-order valence-electron chi connectivity index (χ3n) is 2.66. The summed E-state index contributed by atoms with van der Waals surface area (Å²) in [4.78, 5) is 0. The maximum Gasteiger partial charge on any atom is 0.124 e. The van der Waals surface area contributed by atoms with Crippen LogP contribution in [0.4, 0.5) is 5.69 Å². The average molecular weight is 222 g/mol. The Morgan fingerprint density at radius 1 is 1.25 bits per heavy atom. The molecule has 0 heterocycles. The molecule has 0 aliphatic rings. The summed E-state index contributed by atoms with van der Waals surface area (Å²) in [5.74, 6) is 0.955. The number of aryl methyl sites for hydroxylation is 2. The van der Waals surface area contributed by atoms with Gasteiger partial charge in [-0.1, -0.05) is 0 Å². The van der Waals surface area contributed by atoms with Crippen LogP contribution in [0.15, 0.2) is 12.1 Å². The Labute approximate surface area is 98.0 Å². The van der Waals surface area contributed by atoms with Gasteiger partial charge in [-0.3, -0.25) is 0 Å². The number of nitrogens with one attached hydrogen (secondary N) is 1. The van der Waals surface area contributed by atoms with E-state index >= 15 is 0 Å². The van der Waals surface area contributed by atoms with E-state index < -0.39 is 0 Å². The molecular weight excluding hydrogens is 200 g/mol. The fraction of sp³-hybridized carbons (Fsp3) is 0.538. The summed E-state index contributed by atoms with van der Waals surface area (Å²) < 4.78 is 5.33. The second-order valence-corrected chi connectivity index (χ2v) is 4.86. The number of hydrogen-bond donors (Lipinski definition) is 2. The highest BCUT2D eigenvalue weighted by molar-refractivity contribution is 5.56. The molecule has 0 aliphatic carbocycles. The molecule has 90 valence electrons. The molecule has 1 aromatic carbocycles. The van der Waals surface area contributed by atoms with Gasteiger partial charge in [-0.15, -0.1) is 0 Å². The van der Waals surface area contributed by atoms with E-state index in [0.717, 1.165) is 22.6 Å². The average Bonchev–Trinajstić information content (AvgIpc) is 2.16. The summed E-state index contributed by atoms with van der Waals surface area (Å²) in [5, 5.41) is 3.42. The van der Waals surface area contributed by atoms with Gasteiger partial charge in [-0.25, -0.2) is 0 Å². The summed E-state index contributed by atoms with van der Waals surface area (Å²) in [6, 6.07) is 4.17. The van der Waals surface area contributed by atoms with Gasteiger partial charge in [0.15, 0.2) is 0 Å². The van der Waals surface area contributed by atoms with E-state index in [4.69, 9.17) is 10.5 Å². The summed E-state index contributed by atoms with van der Waals surface area (Å²) in [6.07, 6.45) is 0. The Kier molecular flexibility index (Phi) is 3.81. The monoisotopic (exact) mass is 222 g/mol. The lowest BCUT2D eigenvalue weighted by Gasteiger charge is -2.26. The highest BCUT2D eigenvalue weighted by Crippen LogP contribution is 2.27. The molecule has 1 aromatic rings. The number of benzene rings is 1. The van der Waals surface area contributed by atoms with E-state index in [0.29, 0.717) is 6.54 Å². The summed E-state index contributed by atoms with van der Waals surface area (Å²) in [7, 11) is 1.70. The SMILES string of the molecule is COc1c(C)cc(NC(C)(C)CN)cc1C. The predicted molar refractivity (Wildman–Crippen MR) is 69.2 cm³/mol. The molecule has 0 unspecified atom stereocenters. The minimum absolute atomic E-state index is 0.0898. The van der Waals surface area contributed by atoms with Crippen molar-refractivity contribution in [1.82, 2.24) is 0 Å². The largest absolute Gasteiger partial charge is 0.496 e. The fourth-order valence-corrected chi connectivity index (χ4v) is 1.79. The van der Waals surface area contributed by atoms with Crippen molar-refractivity contribution in [2.75, 3.05) is 19.0 Å². The molecule has 0 bridgehead atoms. The van der Waals surface area contributed by atoms with Gasteiger partial charge < -0.3 is 15.8 Å². The van der Waals surface area contributed by atoms with Crippen LogP contribution in [0, 0.1) is 13.8 Å². The third kappa shape index (κ3) is 2.89. The zero-order valence-electron chi connectivity index (χ0n) is 10.8. The molecule has 0 saturated carbocycles. The van der Waals surface area contributed by atoms with E-state index in [1.165, 1.54) is 0 Å². The predicted octanol–water partition coefficient (Wildman–Crippen LogP) is 2.46. The minimum Gasteiger partial charge on any atom is -0.496 e. The minimum atomic E-state index is -0.0898. The van der Waals surface area contributed by atoms with Gasteiger partial charge in [0.1, 0.15) is 5.75 Å². The maximum atomic E-state index is 5.70. The van der Waals surface area contributed by atoms with Crippen molar-refractivity contribution in [2.24, 2.45) is 5.73 Å². The summed E-state index contributed by atoms with van der Waals surface area (Å²) in [5.41, 5.74) is 8.97. The molecule has 0 fully saturated rings. The molecule has 0 radical (unpaired) electrons. The van der Waals surface area contributed by atoms with Gasteiger partial charge in [-0.05, 0) is 51.0 Å². The molecule has 0 saturated heterocycles. The van der Waals surface area contributed by atoms with Crippen molar-refractivity contribution in [1.29, 1.82) is 0 Å². The number of anilines is 1. The lowest BCUT2D eigenvalue weighted by atomic mass is 10.0. The Bertz CT molecular complexity index is 349. The van der Waals surface area contributed by atoms with E-state index in [1.807, 2.05) is 13.8 Å². The number of methoxy groups -OCH3 is 1. The second-order valence-electron chi connectivity index (χ2n) is 4.86. The van der Waals surface area contributed by atoms with Gasteiger partial charge in [0.05, 0.1) is 7.11 Å². The van der Waals surface area contributed by atoms with E-state index in [9.17, 15) is 0 Å². The fourth-order valence-electron chi connectivity index (χ4n) is 1.79. The third-order valence-corrected chi connectivity index (χ3v) is 2.66. The first-order valence-electron chi connectivity index (χ1n) is 5.53. The van der Waals surface area contributed by atoms with Crippen LogP contribution in [0.3, 0.4) is 0 Å². The van der Waals surface area contributed by atoms with Crippen LogP contribution in [0.5, 0.6) is 5.75 Å². The van der Waals surface area contributed by atoms with Crippen LogP contribution in [-0.2, 0) is 0 Å². The van der Waals surface area contributed by atoms with Crippen molar-refractivity contribution in [3.05, 3.63) is 23.3 Å². The van der Waals surface area contributed by atoms with Crippen LogP contribution in [-0.4, -0.2) is 19.2 Å². The first kappa shape index (κ1) is 12.8. The molecule has 0 aliphatic heterocycles. The van der Waals surface area contributed by atoms with Crippen LogP contribution in [0.2, 0.25) is 0 Å². The number of nitrogens with two attached hydrogens (primary N) is 1. The van der Waals surface area contributed by atoms with Crippen molar-refractivity contribution >= 4 is 5.69 Å². The Balaban J connectivity index is 3.00. The molecule has 3 N–H and O–H groups in total. The maximum absolute atomic E-state index is 5.70. The van der Waals surface area contributed by atoms with Crippen LogP contribution >= 0.6 is 0 Å². The Morgan fingerprint density at radius 3 is 2.12 bits per heavy atom. The first-order chi connectivity index (χ1) is 7.39. The first-order valence-corrected chi connectivity index (χ1v) is 5.53. The highest BCUT2D eigenvalue weighted by Gasteiger charge is 2.15. The number of rotatable bonds is 4. The van der Waals surface area contributed by atoms with Crippen molar-refractivity contribution in [2.45, 2.75) is 33.2 Å². The smallest absolute Gasteiger partial charge is 0.124 e. The normalized spacial score (nSPS) is 11.4. The van der Waals surface area contributed by atoms with Gasteiger partial charge in [0, 0.05) is 17.8 Å². The van der Waals surface area contributed by atoms with Crippen molar-refractivity contribution < 1.29 is 4.74 Å². The molecule has 1 rings (SSSR count). The molecule has 3 heteroatoms. The van der Waals surface area contributed by atoms with E-state index in [2.05, 4.69) is 31.3 Å². The van der Waals surface area contributed by atoms with Crippen molar-refractivity contribution in [3.8, 4) is 5.75 Å². The molecule has 0 atom stereocenters. The topological polar surface area (TPSA) is 47.3 Å². The van der Waals surface area contributed by atoms with Gasteiger partial charge in [-0.2, -0.15) is 0 Å². The molecule has 3 nitrogen and oxygen atoms in total. The van der Waals surface area contributed by atoms with Crippen LogP contribution < -0.4 is 15.8 Å². The van der Waals surface area contributed by atoms with Crippen LogP contribution in [0.1, 0.15) is 25.0 Å². The van der Waals surface area contributed by atoms with Gasteiger partial charge >= 0.3 is 0 Å². The van der Waals surface area contributed by atoms with Gasteiger partial charge in [0.25, 0.3) is 0 Å². The molecule has 0 aromatic heterocycles. The zero-order chi connectivity index (χ0) is 12.3.